The van der Waals surface area contributed by atoms with Gasteiger partial charge in [0.2, 0.25) is 10.0 Å². The van der Waals surface area contributed by atoms with Gasteiger partial charge in [-0.05, 0) is 67.8 Å². The Morgan fingerprint density at radius 2 is 1.58 bits per heavy atom. The van der Waals surface area contributed by atoms with Gasteiger partial charge in [0.25, 0.3) is 5.91 Å². The average molecular weight is 477 g/mol. The predicted molar refractivity (Wildman–Crippen MR) is 125 cm³/mol. The van der Waals surface area contributed by atoms with Crippen molar-refractivity contribution in [2.24, 2.45) is 0 Å². The summed E-state index contributed by atoms with van der Waals surface area (Å²) in [6, 6.07) is 13.5. The molecule has 3 rings (SSSR count). The fourth-order valence-electron chi connectivity index (χ4n) is 3.56. The molecule has 1 fully saturated rings. The normalized spacial score (nSPS) is 15.5. The molecule has 1 saturated heterocycles. The summed E-state index contributed by atoms with van der Waals surface area (Å²) in [5.74, 6) is 1.63. The number of nitrogens with one attached hydrogen (secondary N) is 1. The number of hydrogen-bond acceptors (Lipinski definition) is 6. The number of ether oxygens (including phenoxy) is 3. The maximum absolute atomic E-state index is 12.7. The molecule has 33 heavy (non-hydrogen) atoms. The number of carbonyl (C=O) groups excluding carboxylic acids is 1. The van der Waals surface area contributed by atoms with E-state index in [1.807, 2.05) is 6.92 Å². The maximum atomic E-state index is 12.7. The Morgan fingerprint density at radius 1 is 0.970 bits per heavy atom. The second kappa shape index (κ2) is 11.9. The third-order valence-corrected chi connectivity index (χ3v) is 7.36. The van der Waals surface area contributed by atoms with E-state index in [-0.39, 0.29) is 17.4 Å². The lowest BCUT2D eigenvalue weighted by Gasteiger charge is -2.25. The second-order valence-electron chi connectivity index (χ2n) is 7.77. The van der Waals surface area contributed by atoms with Gasteiger partial charge in [0.05, 0.1) is 18.6 Å². The van der Waals surface area contributed by atoms with Crippen molar-refractivity contribution in [2.45, 2.75) is 43.6 Å². The van der Waals surface area contributed by atoms with Crippen molar-refractivity contribution < 1.29 is 27.4 Å². The van der Waals surface area contributed by atoms with Crippen molar-refractivity contribution in [3.63, 3.8) is 0 Å². The van der Waals surface area contributed by atoms with E-state index in [1.54, 1.807) is 59.9 Å². The van der Waals surface area contributed by atoms with E-state index in [2.05, 4.69) is 5.32 Å². The molecule has 180 valence electrons. The van der Waals surface area contributed by atoms with E-state index in [9.17, 15) is 13.2 Å². The van der Waals surface area contributed by atoms with Gasteiger partial charge in [0.15, 0.2) is 6.10 Å². The molecule has 1 aliphatic rings. The van der Waals surface area contributed by atoms with Crippen LogP contribution in [-0.4, -0.2) is 58.1 Å². The molecule has 0 bridgehead atoms. The number of piperidine rings is 1. The van der Waals surface area contributed by atoms with Gasteiger partial charge in [0.1, 0.15) is 23.9 Å². The summed E-state index contributed by atoms with van der Waals surface area (Å²) in [5, 5.41) is 2.81. The van der Waals surface area contributed by atoms with Crippen LogP contribution in [0.3, 0.4) is 0 Å². The molecule has 0 aliphatic carbocycles. The van der Waals surface area contributed by atoms with Crippen molar-refractivity contribution >= 4 is 15.9 Å². The maximum Gasteiger partial charge on any atom is 0.261 e. The van der Waals surface area contributed by atoms with Gasteiger partial charge in [-0.1, -0.05) is 13.3 Å². The molecule has 0 spiro atoms. The van der Waals surface area contributed by atoms with E-state index in [1.165, 1.54) is 0 Å². The summed E-state index contributed by atoms with van der Waals surface area (Å²) in [4.78, 5) is 12.7. The van der Waals surface area contributed by atoms with E-state index >= 15 is 0 Å². The molecule has 1 aliphatic heterocycles. The van der Waals surface area contributed by atoms with E-state index in [4.69, 9.17) is 14.2 Å². The molecule has 1 N–H and O–H groups in total. The summed E-state index contributed by atoms with van der Waals surface area (Å²) >= 11 is 0. The molecule has 1 atom stereocenters. The zero-order valence-electron chi connectivity index (χ0n) is 19.2. The first-order valence-electron chi connectivity index (χ1n) is 11.3. The molecule has 1 heterocycles. The summed E-state index contributed by atoms with van der Waals surface area (Å²) in [5.41, 5.74) is 0. The van der Waals surface area contributed by atoms with Crippen LogP contribution in [0.25, 0.3) is 0 Å². The second-order valence-corrected chi connectivity index (χ2v) is 9.70. The number of hydrogen-bond donors (Lipinski definition) is 1. The third kappa shape index (κ3) is 6.85. The van der Waals surface area contributed by atoms with Crippen LogP contribution in [-0.2, 0) is 14.8 Å². The Morgan fingerprint density at radius 3 is 2.18 bits per heavy atom. The topological polar surface area (TPSA) is 94.2 Å². The fourth-order valence-corrected chi connectivity index (χ4v) is 5.08. The number of rotatable bonds is 11. The molecule has 0 radical (unpaired) electrons. The first kappa shape index (κ1) is 24.9. The molecule has 2 aromatic carbocycles. The number of methoxy groups -OCH3 is 1. The van der Waals surface area contributed by atoms with Gasteiger partial charge >= 0.3 is 0 Å². The van der Waals surface area contributed by atoms with Gasteiger partial charge in [-0.3, -0.25) is 4.79 Å². The van der Waals surface area contributed by atoms with Gasteiger partial charge in [-0.2, -0.15) is 4.31 Å². The highest BCUT2D eigenvalue weighted by atomic mass is 32.2. The number of amides is 1. The molecular formula is C24H32N2O6S. The quantitative estimate of drug-likeness (QED) is 0.501. The van der Waals surface area contributed by atoms with E-state index < -0.39 is 16.1 Å². The van der Waals surface area contributed by atoms with Gasteiger partial charge in [-0.15, -0.1) is 0 Å². The molecule has 2 aromatic rings. The lowest BCUT2D eigenvalue weighted by molar-refractivity contribution is -0.128. The SMILES string of the molecule is CC[C@H](Oc1ccc(OC)cc1)C(=O)NCCOc1ccc(S(=O)(=O)N2CCCCC2)cc1. The number of sulfonamides is 1. The fraction of sp³-hybridized carbons (Fsp3) is 0.458. The molecule has 9 heteroatoms. The lowest BCUT2D eigenvalue weighted by Crippen LogP contribution is -2.39. The van der Waals surface area contributed by atoms with Crippen LogP contribution in [0.5, 0.6) is 17.2 Å². The highest BCUT2D eigenvalue weighted by Gasteiger charge is 2.25. The van der Waals surface area contributed by atoms with Gasteiger partial charge in [-0.25, -0.2) is 8.42 Å². The molecule has 0 saturated carbocycles. The van der Waals surface area contributed by atoms with Crippen molar-refractivity contribution in [1.82, 2.24) is 9.62 Å². The third-order valence-electron chi connectivity index (χ3n) is 5.45. The van der Waals surface area contributed by atoms with Gasteiger partial charge < -0.3 is 19.5 Å². The Kier molecular flexibility index (Phi) is 8.96. The first-order valence-corrected chi connectivity index (χ1v) is 12.7. The predicted octanol–water partition coefficient (Wildman–Crippen LogP) is 3.22. The minimum Gasteiger partial charge on any atom is -0.497 e. The van der Waals surface area contributed by atoms with E-state index in [0.717, 1.165) is 19.3 Å². The standard InChI is InChI=1S/C24H32N2O6S/c1-3-23(32-21-9-7-19(30-2)8-10-21)24(27)25-15-18-31-20-11-13-22(14-12-20)33(28,29)26-16-5-4-6-17-26/h7-14,23H,3-6,15-18H2,1-2H3,(H,25,27)/t23-/m0/s1. The largest absolute Gasteiger partial charge is 0.497 e. The Bertz CT molecular complexity index is 987. The van der Waals surface area contributed by atoms with Crippen LogP contribution in [0, 0.1) is 0 Å². The summed E-state index contributed by atoms with van der Waals surface area (Å²) < 4.78 is 43.5. The number of carbonyl (C=O) groups is 1. The van der Waals surface area contributed by atoms with Crippen molar-refractivity contribution in [2.75, 3.05) is 33.4 Å². The molecule has 1 amide bonds. The van der Waals surface area contributed by atoms with Crippen LogP contribution in [0.1, 0.15) is 32.6 Å². The molecule has 8 nitrogen and oxygen atoms in total. The zero-order valence-corrected chi connectivity index (χ0v) is 20.0. The van der Waals surface area contributed by atoms with Crippen LogP contribution < -0.4 is 19.5 Å². The number of nitrogens with zero attached hydrogens (tertiary/aromatic N) is 1. The monoisotopic (exact) mass is 476 g/mol. The minimum absolute atomic E-state index is 0.222. The Labute approximate surface area is 195 Å². The van der Waals surface area contributed by atoms with Crippen LogP contribution in [0.4, 0.5) is 0 Å². The molecule has 0 unspecified atom stereocenters. The molecule has 0 aromatic heterocycles. The van der Waals surface area contributed by atoms with Crippen molar-refractivity contribution in [1.29, 1.82) is 0 Å². The summed E-state index contributed by atoms with van der Waals surface area (Å²) in [6.45, 7) is 3.57. The Balaban J connectivity index is 1.44. The molecular weight excluding hydrogens is 444 g/mol. The van der Waals surface area contributed by atoms with Crippen molar-refractivity contribution in [3.05, 3.63) is 48.5 Å². The number of benzene rings is 2. The van der Waals surface area contributed by atoms with E-state index in [0.29, 0.717) is 43.3 Å². The van der Waals surface area contributed by atoms with Crippen LogP contribution in [0.2, 0.25) is 0 Å². The smallest absolute Gasteiger partial charge is 0.261 e. The highest BCUT2D eigenvalue weighted by Crippen LogP contribution is 2.23. The first-order chi connectivity index (χ1) is 15.9. The van der Waals surface area contributed by atoms with Crippen LogP contribution in [0.15, 0.2) is 53.4 Å². The lowest BCUT2D eigenvalue weighted by atomic mass is 10.2. The highest BCUT2D eigenvalue weighted by molar-refractivity contribution is 7.89. The van der Waals surface area contributed by atoms with Crippen LogP contribution >= 0.6 is 0 Å². The average Bonchev–Trinajstić information content (AvgIpc) is 2.86. The zero-order chi connectivity index (χ0) is 23.7. The summed E-state index contributed by atoms with van der Waals surface area (Å²) in [7, 11) is -1.87. The summed E-state index contributed by atoms with van der Waals surface area (Å²) in [6.07, 6.45) is 2.78. The van der Waals surface area contributed by atoms with Gasteiger partial charge in [0, 0.05) is 13.1 Å². The van der Waals surface area contributed by atoms with Crippen molar-refractivity contribution in [3.8, 4) is 17.2 Å². The minimum atomic E-state index is -3.46. The Hall–Kier alpha value is -2.78.